The molecule has 0 saturated heterocycles. The van der Waals surface area contributed by atoms with Crippen molar-refractivity contribution in [2.75, 3.05) is 26.7 Å². The van der Waals surface area contributed by atoms with Gasteiger partial charge in [0.05, 0.1) is 13.7 Å². The number of ether oxygens (including phenoxy) is 1. The zero-order valence-corrected chi connectivity index (χ0v) is 14.8. The Morgan fingerprint density at radius 1 is 1.32 bits per heavy atom. The highest BCUT2D eigenvalue weighted by Crippen LogP contribution is 2.25. The molecule has 0 unspecified atom stereocenters. The first kappa shape index (κ1) is 19.1. The second-order valence-corrected chi connectivity index (χ2v) is 6.24. The Morgan fingerprint density at radius 2 is 2.04 bits per heavy atom. The molecule has 2 rings (SSSR count). The Labute approximate surface area is 148 Å². The van der Waals surface area contributed by atoms with Crippen LogP contribution in [0.4, 0.5) is 4.79 Å². The van der Waals surface area contributed by atoms with Gasteiger partial charge in [0.15, 0.2) is 0 Å². The maximum atomic E-state index is 12.0. The second kappa shape index (κ2) is 9.27. The highest BCUT2D eigenvalue weighted by molar-refractivity contribution is 5.74. The lowest BCUT2D eigenvalue weighted by Gasteiger charge is -2.42. The number of carboxylic acid groups (broad SMARTS) is 1. The van der Waals surface area contributed by atoms with E-state index in [0.29, 0.717) is 19.5 Å². The maximum Gasteiger partial charge on any atom is 0.317 e. The summed E-state index contributed by atoms with van der Waals surface area (Å²) in [6, 6.07) is 7.92. The maximum absolute atomic E-state index is 12.0. The number of nitrogens with zero attached hydrogens (tertiary/aromatic N) is 1. The monoisotopic (exact) mass is 349 g/mol. The number of hydrogen-bond acceptors (Lipinski definition) is 4. The summed E-state index contributed by atoms with van der Waals surface area (Å²) in [6.45, 7) is 3.24. The molecule has 138 valence electrons. The van der Waals surface area contributed by atoms with E-state index in [2.05, 4.69) is 10.6 Å². The molecule has 1 aromatic carbocycles. The predicted molar refractivity (Wildman–Crippen MR) is 94.9 cm³/mol. The molecule has 3 N–H and O–H groups in total. The summed E-state index contributed by atoms with van der Waals surface area (Å²) in [7, 11) is 1.63. The normalized spacial score (nSPS) is 19.2. The van der Waals surface area contributed by atoms with Crippen molar-refractivity contribution < 1.29 is 19.4 Å². The van der Waals surface area contributed by atoms with Crippen molar-refractivity contribution in [3.8, 4) is 5.75 Å². The second-order valence-electron chi connectivity index (χ2n) is 6.24. The first-order chi connectivity index (χ1) is 12.0. The number of carbonyl (C=O) groups excluding carboxylic acids is 1. The Hall–Kier alpha value is -2.28. The molecule has 2 amide bonds. The van der Waals surface area contributed by atoms with Crippen molar-refractivity contribution in [1.29, 1.82) is 0 Å². The number of likely N-dealkylation sites (N-methyl/N-ethyl adjacent to an activating group) is 1. The van der Waals surface area contributed by atoms with Gasteiger partial charge in [0.25, 0.3) is 0 Å². The molecule has 25 heavy (non-hydrogen) atoms. The summed E-state index contributed by atoms with van der Waals surface area (Å²) in [5, 5.41) is 14.7. The summed E-state index contributed by atoms with van der Waals surface area (Å²) in [5.74, 6) is 0.0111. The van der Waals surface area contributed by atoms with Gasteiger partial charge in [-0.1, -0.05) is 25.1 Å². The van der Waals surface area contributed by atoms with E-state index in [4.69, 9.17) is 9.84 Å². The van der Waals surface area contributed by atoms with Crippen LogP contribution in [-0.2, 0) is 11.2 Å². The Balaban J connectivity index is 1.66. The molecule has 1 saturated carbocycles. The average molecular weight is 349 g/mol. The van der Waals surface area contributed by atoms with Crippen LogP contribution < -0.4 is 15.4 Å². The number of amides is 2. The number of nitrogens with one attached hydrogen (secondary N) is 2. The minimum absolute atomic E-state index is 0.0546. The lowest BCUT2D eigenvalue weighted by molar-refractivity contribution is -0.139. The van der Waals surface area contributed by atoms with Crippen LogP contribution >= 0.6 is 0 Å². The number of carboxylic acids is 1. The van der Waals surface area contributed by atoms with Crippen molar-refractivity contribution in [3.63, 3.8) is 0 Å². The van der Waals surface area contributed by atoms with Crippen molar-refractivity contribution in [1.82, 2.24) is 15.5 Å². The van der Waals surface area contributed by atoms with Gasteiger partial charge in [-0.05, 0) is 37.4 Å². The fourth-order valence-corrected chi connectivity index (χ4v) is 3.13. The first-order valence-electron chi connectivity index (χ1n) is 8.65. The fourth-order valence-electron chi connectivity index (χ4n) is 3.13. The topological polar surface area (TPSA) is 90.9 Å². The molecule has 1 aliphatic carbocycles. The minimum atomic E-state index is -0.813. The molecule has 0 spiro atoms. The van der Waals surface area contributed by atoms with Gasteiger partial charge in [-0.15, -0.1) is 0 Å². The van der Waals surface area contributed by atoms with Crippen LogP contribution in [0.1, 0.15) is 25.3 Å². The summed E-state index contributed by atoms with van der Waals surface area (Å²) in [4.78, 5) is 24.7. The molecule has 7 heteroatoms. The molecule has 1 aromatic rings. The number of methoxy groups -OCH3 is 1. The van der Waals surface area contributed by atoms with E-state index in [0.717, 1.165) is 24.2 Å². The number of para-hydroxylation sites is 1. The third kappa shape index (κ3) is 5.63. The fraction of sp³-hybridized carbons (Fsp3) is 0.556. The van der Waals surface area contributed by atoms with Crippen LogP contribution in [0.3, 0.4) is 0 Å². The van der Waals surface area contributed by atoms with Gasteiger partial charge in [0.2, 0.25) is 0 Å². The van der Waals surface area contributed by atoms with Gasteiger partial charge >= 0.3 is 12.0 Å². The lowest BCUT2D eigenvalue weighted by atomic mass is 9.85. The van der Waals surface area contributed by atoms with Gasteiger partial charge in [-0.25, -0.2) is 4.79 Å². The van der Waals surface area contributed by atoms with E-state index in [1.54, 1.807) is 7.11 Å². The van der Waals surface area contributed by atoms with Crippen LogP contribution in [0.25, 0.3) is 0 Å². The van der Waals surface area contributed by atoms with E-state index < -0.39 is 5.97 Å². The van der Waals surface area contributed by atoms with Crippen LogP contribution in [0.15, 0.2) is 24.3 Å². The quantitative estimate of drug-likeness (QED) is 0.628. The molecule has 1 fully saturated rings. The number of benzene rings is 1. The Morgan fingerprint density at radius 3 is 2.68 bits per heavy atom. The predicted octanol–water partition coefficient (Wildman–Crippen LogP) is 1.47. The van der Waals surface area contributed by atoms with Crippen LogP contribution in [0, 0.1) is 0 Å². The number of hydrogen-bond donors (Lipinski definition) is 3. The van der Waals surface area contributed by atoms with Crippen LogP contribution in [-0.4, -0.2) is 60.8 Å². The van der Waals surface area contributed by atoms with E-state index >= 15 is 0 Å². The van der Waals surface area contributed by atoms with Crippen molar-refractivity contribution in [2.45, 2.75) is 38.3 Å². The SMILES string of the molecule is CCN(CC(=O)O)C1CC(NC(=O)NCCc2ccccc2OC)C1. The van der Waals surface area contributed by atoms with Crippen LogP contribution in [0.2, 0.25) is 0 Å². The summed E-state index contributed by atoms with van der Waals surface area (Å²) >= 11 is 0. The van der Waals surface area contributed by atoms with Gasteiger partial charge in [-0.2, -0.15) is 0 Å². The number of carbonyl (C=O) groups is 2. The average Bonchev–Trinajstić information content (AvgIpc) is 2.56. The molecule has 0 heterocycles. The summed E-state index contributed by atoms with van der Waals surface area (Å²) < 4.78 is 5.29. The molecular weight excluding hydrogens is 322 g/mol. The highest BCUT2D eigenvalue weighted by atomic mass is 16.5. The van der Waals surface area contributed by atoms with E-state index in [1.165, 1.54) is 0 Å². The van der Waals surface area contributed by atoms with Gasteiger partial charge in [-0.3, -0.25) is 9.69 Å². The zero-order valence-electron chi connectivity index (χ0n) is 14.8. The first-order valence-corrected chi connectivity index (χ1v) is 8.65. The van der Waals surface area contributed by atoms with Gasteiger partial charge < -0.3 is 20.5 Å². The van der Waals surface area contributed by atoms with Gasteiger partial charge in [0, 0.05) is 18.6 Å². The molecule has 0 radical (unpaired) electrons. The molecule has 0 aromatic heterocycles. The molecule has 1 aliphatic rings. The van der Waals surface area contributed by atoms with E-state index in [1.807, 2.05) is 36.1 Å². The molecule has 0 bridgehead atoms. The number of urea groups is 1. The lowest BCUT2D eigenvalue weighted by Crippen LogP contribution is -2.56. The molecule has 7 nitrogen and oxygen atoms in total. The standard InChI is InChI=1S/C18H27N3O4/c1-3-21(12-17(22)23)15-10-14(11-15)20-18(24)19-9-8-13-6-4-5-7-16(13)25-2/h4-7,14-15H,3,8-12H2,1-2H3,(H,22,23)(H2,19,20,24). The van der Waals surface area contributed by atoms with E-state index in [9.17, 15) is 9.59 Å². The molecule has 0 aliphatic heterocycles. The summed E-state index contributed by atoms with van der Waals surface area (Å²) in [6.07, 6.45) is 2.29. The number of aliphatic carboxylic acids is 1. The third-order valence-corrected chi connectivity index (χ3v) is 4.58. The minimum Gasteiger partial charge on any atom is -0.496 e. The smallest absolute Gasteiger partial charge is 0.317 e. The zero-order chi connectivity index (χ0) is 18.2. The molecular formula is C18H27N3O4. The van der Waals surface area contributed by atoms with Crippen LogP contribution in [0.5, 0.6) is 5.75 Å². The van der Waals surface area contributed by atoms with E-state index in [-0.39, 0.29) is 24.7 Å². The Kier molecular flexibility index (Phi) is 7.06. The third-order valence-electron chi connectivity index (χ3n) is 4.58. The van der Waals surface area contributed by atoms with Crippen molar-refractivity contribution in [2.24, 2.45) is 0 Å². The van der Waals surface area contributed by atoms with Gasteiger partial charge in [0.1, 0.15) is 5.75 Å². The summed E-state index contributed by atoms with van der Waals surface area (Å²) in [5.41, 5.74) is 1.06. The highest BCUT2D eigenvalue weighted by Gasteiger charge is 2.34. The Bertz CT molecular complexity index is 587. The molecule has 0 atom stereocenters. The largest absolute Gasteiger partial charge is 0.496 e. The van der Waals surface area contributed by atoms with Crippen molar-refractivity contribution in [3.05, 3.63) is 29.8 Å². The number of rotatable bonds is 9. The van der Waals surface area contributed by atoms with Crippen molar-refractivity contribution >= 4 is 12.0 Å².